The molecule has 2 aliphatic carbocycles. The number of pyridine rings is 1. The summed E-state index contributed by atoms with van der Waals surface area (Å²) in [4.78, 5) is 9.42. The normalized spacial score (nSPS) is 13.2. The van der Waals surface area contributed by atoms with E-state index in [0.717, 1.165) is 50.0 Å². The lowest BCUT2D eigenvalue weighted by Crippen LogP contribution is -2.25. The molecule has 242 valence electrons. The number of hydrogen-bond donors (Lipinski definition) is 0. The Morgan fingerprint density at radius 1 is 0.385 bits per heavy atom. The highest BCUT2D eigenvalue weighted by Gasteiger charge is 2.51. The largest absolute Gasteiger partial charge is 0.436 e. The van der Waals surface area contributed by atoms with Crippen LogP contribution in [-0.2, 0) is 5.41 Å². The molecule has 7 aromatic carbocycles. The van der Waals surface area contributed by atoms with Gasteiger partial charge in [-0.15, -0.1) is 0 Å². The third-order valence-electron chi connectivity index (χ3n) is 11.0. The first-order valence-electron chi connectivity index (χ1n) is 17.7. The summed E-state index contributed by atoms with van der Waals surface area (Å²) in [7, 11) is 0. The van der Waals surface area contributed by atoms with E-state index < -0.39 is 5.41 Å². The average molecular weight is 663 g/mol. The Kier molecular flexibility index (Phi) is 6.17. The number of nitrogens with zero attached hydrogens (tertiary/aromatic N) is 2. The van der Waals surface area contributed by atoms with Gasteiger partial charge in [-0.2, -0.15) is 0 Å². The van der Waals surface area contributed by atoms with Crippen molar-refractivity contribution in [2.75, 3.05) is 0 Å². The van der Waals surface area contributed by atoms with Crippen LogP contribution in [0.1, 0.15) is 22.3 Å². The van der Waals surface area contributed by atoms with Crippen molar-refractivity contribution in [1.82, 2.24) is 9.97 Å². The molecule has 2 heterocycles. The third kappa shape index (κ3) is 4.08. The number of hydrogen-bond acceptors (Lipinski definition) is 3. The molecule has 0 atom stereocenters. The molecule has 0 bridgehead atoms. The number of benzene rings is 7. The first kappa shape index (κ1) is 28.9. The Morgan fingerprint density at radius 2 is 0.962 bits per heavy atom. The van der Waals surface area contributed by atoms with E-state index in [1.165, 1.54) is 44.5 Å². The van der Waals surface area contributed by atoms with Crippen LogP contribution in [0.15, 0.2) is 187 Å². The number of oxazole rings is 1. The Bertz CT molecular complexity index is 2770. The highest BCUT2D eigenvalue weighted by Crippen LogP contribution is 2.63. The zero-order chi connectivity index (χ0) is 34.2. The van der Waals surface area contributed by atoms with Crippen LogP contribution in [0, 0.1) is 0 Å². The van der Waals surface area contributed by atoms with E-state index in [9.17, 15) is 0 Å². The molecule has 0 aliphatic heterocycles. The quantitative estimate of drug-likeness (QED) is 0.188. The highest BCUT2D eigenvalue weighted by atomic mass is 16.3. The van der Waals surface area contributed by atoms with E-state index in [1.54, 1.807) is 6.20 Å². The molecule has 1 spiro atoms. The number of aromatic nitrogens is 2. The minimum atomic E-state index is -0.406. The minimum absolute atomic E-state index is 0.406. The molecule has 9 aromatic rings. The van der Waals surface area contributed by atoms with Gasteiger partial charge in [0, 0.05) is 23.5 Å². The van der Waals surface area contributed by atoms with Gasteiger partial charge in [0.15, 0.2) is 5.58 Å². The molecule has 3 heteroatoms. The fraction of sp³-hybridized carbons (Fsp3) is 0.0204. The molecule has 0 saturated heterocycles. The lowest BCUT2D eigenvalue weighted by Gasteiger charge is -2.30. The predicted molar refractivity (Wildman–Crippen MR) is 210 cm³/mol. The van der Waals surface area contributed by atoms with Crippen LogP contribution >= 0.6 is 0 Å². The van der Waals surface area contributed by atoms with Gasteiger partial charge in [0.1, 0.15) is 5.52 Å². The van der Waals surface area contributed by atoms with Crippen LogP contribution in [-0.4, -0.2) is 9.97 Å². The molecular weight excluding hydrogens is 633 g/mol. The summed E-state index contributed by atoms with van der Waals surface area (Å²) in [5.41, 5.74) is 19.2. The van der Waals surface area contributed by atoms with Crippen LogP contribution in [0.4, 0.5) is 0 Å². The van der Waals surface area contributed by atoms with Gasteiger partial charge in [-0.3, -0.25) is 4.98 Å². The maximum Gasteiger partial charge on any atom is 0.227 e. The second-order valence-corrected chi connectivity index (χ2v) is 13.7. The van der Waals surface area contributed by atoms with Crippen LogP contribution < -0.4 is 0 Å². The van der Waals surface area contributed by atoms with Crippen molar-refractivity contribution in [2.45, 2.75) is 5.41 Å². The molecule has 2 aliphatic rings. The molecule has 52 heavy (non-hydrogen) atoms. The van der Waals surface area contributed by atoms with Crippen molar-refractivity contribution < 1.29 is 4.42 Å². The Morgan fingerprint density at radius 3 is 1.62 bits per heavy atom. The monoisotopic (exact) mass is 662 g/mol. The van der Waals surface area contributed by atoms with E-state index in [0.29, 0.717) is 5.89 Å². The second kappa shape index (κ2) is 11.1. The summed E-state index contributed by atoms with van der Waals surface area (Å²) >= 11 is 0. The van der Waals surface area contributed by atoms with Crippen LogP contribution in [0.3, 0.4) is 0 Å². The van der Waals surface area contributed by atoms with Crippen molar-refractivity contribution >= 4 is 11.1 Å². The fourth-order valence-corrected chi connectivity index (χ4v) is 8.77. The Balaban J connectivity index is 1.14. The molecule has 2 aromatic heterocycles. The van der Waals surface area contributed by atoms with Crippen molar-refractivity contribution in [3.63, 3.8) is 0 Å². The predicted octanol–water partition coefficient (Wildman–Crippen LogP) is 12.2. The van der Waals surface area contributed by atoms with Crippen molar-refractivity contribution in [3.05, 3.63) is 205 Å². The molecule has 0 amide bonds. The molecule has 0 N–H and O–H groups in total. The summed E-state index contributed by atoms with van der Waals surface area (Å²) in [6.45, 7) is 0. The maximum absolute atomic E-state index is 6.58. The van der Waals surface area contributed by atoms with Gasteiger partial charge in [0.2, 0.25) is 5.89 Å². The average Bonchev–Trinajstić information content (AvgIpc) is 3.88. The fourth-order valence-electron chi connectivity index (χ4n) is 8.77. The van der Waals surface area contributed by atoms with Crippen LogP contribution in [0.2, 0.25) is 0 Å². The van der Waals surface area contributed by atoms with Crippen LogP contribution in [0.5, 0.6) is 0 Å². The third-order valence-corrected chi connectivity index (χ3v) is 11.0. The zero-order valence-corrected chi connectivity index (χ0v) is 28.1. The van der Waals surface area contributed by atoms with E-state index >= 15 is 0 Å². The Labute approximate surface area is 301 Å². The summed E-state index contributed by atoms with van der Waals surface area (Å²) in [5, 5.41) is 0. The lowest BCUT2D eigenvalue weighted by atomic mass is 9.70. The van der Waals surface area contributed by atoms with E-state index in [4.69, 9.17) is 9.40 Å². The molecule has 0 saturated carbocycles. The smallest absolute Gasteiger partial charge is 0.227 e. The van der Waals surface area contributed by atoms with Gasteiger partial charge in [0.25, 0.3) is 0 Å². The van der Waals surface area contributed by atoms with Gasteiger partial charge < -0.3 is 4.42 Å². The minimum Gasteiger partial charge on any atom is -0.436 e. The summed E-state index contributed by atoms with van der Waals surface area (Å²) in [6.07, 6.45) is 3.70. The molecule has 11 rings (SSSR count). The van der Waals surface area contributed by atoms with Gasteiger partial charge >= 0.3 is 0 Å². The molecule has 3 nitrogen and oxygen atoms in total. The molecule has 0 fully saturated rings. The first-order chi connectivity index (χ1) is 25.8. The number of rotatable bonds is 4. The van der Waals surface area contributed by atoms with E-state index in [2.05, 4.69) is 138 Å². The summed E-state index contributed by atoms with van der Waals surface area (Å²) < 4.78 is 6.58. The van der Waals surface area contributed by atoms with Crippen molar-refractivity contribution in [1.29, 1.82) is 0 Å². The van der Waals surface area contributed by atoms with Gasteiger partial charge in [-0.05, 0) is 109 Å². The summed E-state index contributed by atoms with van der Waals surface area (Å²) in [6, 6.07) is 61.2. The zero-order valence-electron chi connectivity index (χ0n) is 28.1. The maximum atomic E-state index is 6.58. The van der Waals surface area contributed by atoms with Crippen molar-refractivity contribution in [3.8, 4) is 67.1 Å². The number of fused-ring (bicyclic) bond motifs is 11. The topological polar surface area (TPSA) is 38.9 Å². The standard InChI is InChI=1S/C49H30N2O/c1-2-11-33(12-3-1)48-51-47-41(32-22-20-31(21-23-32)35-13-10-26-50-30-35)27-36(29-46(47)52-48)34-24-25-40-39-16-6-9-19-44(39)49(45(40)28-34)42-17-7-4-14-37(42)38-15-5-8-18-43(38)49/h1-30H. The van der Waals surface area contributed by atoms with E-state index in [-0.39, 0.29) is 0 Å². The summed E-state index contributed by atoms with van der Waals surface area (Å²) in [5.74, 6) is 0.614. The van der Waals surface area contributed by atoms with Gasteiger partial charge in [0.05, 0.1) is 5.41 Å². The second-order valence-electron chi connectivity index (χ2n) is 13.7. The SMILES string of the molecule is c1ccc(-c2nc3c(-c4ccc(-c5cccnc5)cc4)cc(-c4ccc5c(c4)C4(c6ccccc6-c6ccccc64)c4ccccc4-5)cc3o2)cc1. The van der Waals surface area contributed by atoms with Crippen LogP contribution in [0.25, 0.3) is 78.2 Å². The Hall–Kier alpha value is -6.84. The van der Waals surface area contributed by atoms with E-state index in [1.807, 2.05) is 42.6 Å². The van der Waals surface area contributed by atoms with Crippen molar-refractivity contribution in [2.24, 2.45) is 0 Å². The first-order valence-corrected chi connectivity index (χ1v) is 17.7. The van der Waals surface area contributed by atoms with Gasteiger partial charge in [-0.25, -0.2) is 4.98 Å². The van der Waals surface area contributed by atoms with Gasteiger partial charge in [-0.1, -0.05) is 133 Å². The lowest BCUT2D eigenvalue weighted by molar-refractivity contribution is 0.620. The molecule has 0 unspecified atom stereocenters. The molecular formula is C49H30N2O. The molecule has 0 radical (unpaired) electrons. The highest BCUT2D eigenvalue weighted by molar-refractivity contribution is 5.99.